The lowest BCUT2D eigenvalue weighted by molar-refractivity contribution is -0.388. The zero-order chi connectivity index (χ0) is 15.3. The Hall–Kier alpha value is -1.79. The summed E-state index contributed by atoms with van der Waals surface area (Å²) in [5.74, 6) is 0. The topological polar surface area (TPSA) is 46.4 Å². The summed E-state index contributed by atoms with van der Waals surface area (Å²) in [6.07, 6.45) is -2.85. The Morgan fingerprint density at radius 3 is 2.20 bits per heavy atom. The van der Waals surface area contributed by atoms with E-state index < -0.39 is 22.4 Å². The molecule has 0 unspecified atom stereocenters. The van der Waals surface area contributed by atoms with Gasteiger partial charge in [-0.3, -0.25) is 10.1 Å². The third kappa shape index (κ3) is 3.61. The van der Waals surface area contributed by atoms with Gasteiger partial charge in [0, 0.05) is 24.8 Å². The van der Waals surface area contributed by atoms with Crippen molar-refractivity contribution in [2.45, 2.75) is 32.9 Å². The fraction of sp³-hybridized carbons (Fsp3) is 0.538. The molecule has 1 aromatic carbocycles. The van der Waals surface area contributed by atoms with Crippen LogP contribution in [0.4, 0.5) is 24.5 Å². The molecule has 7 heteroatoms. The Morgan fingerprint density at radius 2 is 1.75 bits per heavy atom. The van der Waals surface area contributed by atoms with Gasteiger partial charge in [-0.1, -0.05) is 13.8 Å². The highest BCUT2D eigenvalue weighted by Crippen LogP contribution is 2.38. The van der Waals surface area contributed by atoms with Gasteiger partial charge < -0.3 is 4.90 Å². The zero-order valence-electron chi connectivity index (χ0n) is 11.4. The fourth-order valence-electron chi connectivity index (χ4n) is 2.08. The molecule has 1 heterocycles. The number of alkyl halides is 3. The minimum atomic E-state index is -4.71. The summed E-state index contributed by atoms with van der Waals surface area (Å²) in [5.41, 5.74) is -1.69. The molecule has 0 radical (unpaired) electrons. The van der Waals surface area contributed by atoms with Gasteiger partial charge in [-0.05, 0) is 25.0 Å². The summed E-state index contributed by atoms with van der Waals surface area (Å²) in [6, 6.07) is 3.17. The van der Waals surface area contributed by atoms with Crippen molar-refractivity contribution in [2.75, 3.05) is 18.0 Å². The van der Waals surface area contributed by atoms with Gasteiger partial charge in [0.2, 0.25) is 0 Å². The number of benzene rings is 1. The van der Waals surface area contributed by atoms with Gasteiger partial charge in [0.05, 0.1) is 4.92 Å². The van der Waals surface area contributed by atoms with Crippen LogP contribution in [-0.4, -0.2) is 18.0 Å². The highest BCUT2D eigenvalue weighted by molar-refractivity contribution is 5.57. The molecule has 0 bridgehead atoms. The van der Waals surface area contributed by atoms with E-state index in [1.165, 1.54) is 6.07 Å². The van der Waals surface area contributed by atoms with Crippen LogP contribution in [0.5, 0.6) is 0 Å². The Labute approximate surface area is 115 Å². The second-order valence-electron chi connectivity index (χ2n) is 4.15. The first-order valence-corrected chi connectivity index (χ1v) is 6.50. The lowest BCUT2D eigenvalue weighted by Gasteiger charge is -2.19. The highest BCUT2D eigenvalue weighted by Gasteiger charge is 2.38. The number of hydrogen-bond acceptors (Lipinski definition) is 3. The molecule has 1 saturated heterocycles. The smallest absolute Gasteiger partial charge is 0.372 e. The Morgan fingerprint density at radius 1 is 1.20 bits per heavy atom. The maximum atomic E-state index is 12.8. The minimum absolute atomic E-state index is 0.394. The van der Waals surface area contributed by atoms with Crippen LogP contribution >= 0.6 is 0 Å². The van der Waals surface area contributed by atoms with E-state index in [0.29, 0.717) is 18.8 Å². The summed E-state index contributed by atoms with van der Waals surface area (Å²) < 4.78 is 38.3. The first-order valence-electron chi connectivity index (χ1n) is 6.50. The van der Waals surface area contributed by atoms with Gasteiger partial charge in [-0.15, -0.1) is 0 Å². The van der Waals surface area contributed by atoms with Crippen molar-refractivity contribution in [1.82, 2.24) is 0 Å². The van der Waals surface area contributed by atoms with Crippen molar-refractivity contribution >= 4 is 11.4 Å². The van der Waals surface area contributed by atoms with Crippen molar-refractivity contribution in [3.05, 3.63) is 33.9 Å². The van der Waals surface area contributed by atoms with Crippen molar-refractivity contribution in [2.24, 2.45) is 0 Å². The summed E-state index contributed by atoms with van der Waals surface area (Å²) >= 11 is 0. The highest BCUT2D eigenvalue weighted by atomic mass is 19.4. The van der Waals surface area contributed by atoms with Gasteiger partial charge in [0.25, 0.3) is 5.69 Å². The van der Waals surface area contributed by atoms with E-state index in [9.17, 15) is 23.3 Å². The molecule has 0 spiro atoms. The van der Waals surface area contributed by atoms with Gasteiger partial charge in [-0.25, -0.2) is 0 Å². The van der Waals surface area contributed by atoms with E-state index in [0.717, 1.165) is 25.0 Å². The van der Waals surface area contributed by atoms with Gasteiger partial charge in [0.15, 0.2) is 0 Å². The van der Waals surface area contributed by atoms with Crippen LogP contribution in [0, 0.1) is 10.1 Å². The molecule has 0 amide bonds. The van der Waals surface area contributed by atoms with Gasteiger partial charge in [-0.2, -0.15) is 13.2 Å². The molecule has 0 aromatic heterocycles. The van der Waals surface area contributed by atoms with Crippen molar-refractivity contribution in [1.29, 1.82) is 0 Å². The van der Waals surface area contributed by atoms with Crippen LogP contribution in [0.2, 0.25) is 0 Å². The second-order valence-corrected chi connectivity index (χ2v) is 4.15. The standard InChI is InChI=1S/C11H11F3N2O2.C2H6/c12-11(13,14)9-7-8(15-5-1-2-6-15)3-4-10(9)16(17)18;1-2/h3-4,7H,1-2,5-6H2;1-2H3. The number of hydrogen-bond donors (Lipinski definition) is 0. The predicted octanol–water partition coefficient (Wildman–Crippen LogP) is 4.24. The third-order valence-electron chi connectivity index (χ3n) is 2.95. The normalized spacial score (nSPS) is 14.8. The lowest BCUT2D eigenvalue weighted by Crippen LogP contribution is -2.19. The van der Waals surface area contributed by atoms with Crippen molar-refractivity contribution < 1.29 is 18.1 Å². The number of nitro groups is 1. The summed E-state index contributed by atoms with van der Waals surface area (Å²) in [4.78, 5) is 11.4. The molecule has 1 aliphatic heterocycles. The Bertz CT molecular complexity index is 469. The second kappa shape index (κ2) is 6.58. The number of anilines is 1. The summed E-state index contributed by atoms with van der Waals surface area (Å²) in [7, 11) is 0. The quantitative estimate of drug-likeness (QED) is 0.604. The number of nitro benzene ring substituents is 1. The Balaban J connectivity index is 0.000000956. The van der Waals surface area contributed by atoms with E-state index in [1.54, 1.807) is 4.90 Å². The monoisotopic (exact) mass is 290 g/mol. The zero-order valence-corrected chi connectivity index (χ0v) is 11.4. The van der Waals surface area contributed by atoms with Crippen LogP contribution < -0.4 is 4.90 Å². The lowest BCUT2D eigenvalue weighted by atomic mass is 10.1. The van der Waals surface area contributed by atoms with Crippen LogP contribution in [0.1, 0.15) is 32.3 Å². The molecule has 0 N–H and O–H groups in total. The van der Waals surface area contributed by atoms with Crippen LogP contribution in [0.3, 0.4) is 0 Å². The summed E-state index contributed by atoms with van der Waals surface area (Å²) in [5, 5.41) is 10.6. The van der Waals surface area contributed by atoms with E-state index in [1.807, 2.05) is 13.8 Å². The molecule has 4 nitrogen and oxygen atoms in total. The van der Waals surface area contributed by atoms with E-state index in [2.05, 4.69) is 0 Å². The first kappa shape index (κ1) is 16.3. The first-order chi connectivity index (χ1) is 9.39. The van der Waals surface area contributed by atoms with Crippen LogP contribution in [-0.2, 0) is 6.18 Å². The average molecular weight is 290 g/mol. The number of halogens is 3. The van der Waals surface area contributed by atoms with Crippen LogP contribution in [0.25, 0.3) is 0 Å². The molecule has 0 atom stereocenters. The number of nitrogens with zero attached hydrogens (tertiary/aromatic N) is 2. The third-order valence-corrected chi connectivity index (χ3v) is 2.95. The molecule has 1 aliphatic rings. The minimum Gasteiger partial charge on any atom is -0.372 e. The number of rotatable bonds is 2. The fourth-order valence-corrected chi connectivity index (χ4v) is 2.08. The average Bonchev–Trinajstić information content (AvgIpc) is 2.93. The van der Waals surface area contributed by atoms with E-state index >= 15 is 0 Å². The summed E-state index contributed by atoms with van der Waals surface area (Å²) in [6.45, 7) is 5.38. The SMILES string of the molecule is CC.O=[N+]([O-])c1ccc(N2CCCC2)cc1C(F)(F)F. The van der Waals surface area contributed by atoms with Gasteiger partial charge >= 0.3 is 6.18 Å². The van der Waals surface area contributed by atoms with E-state index in [-0.39, 0.29) is 0 Å². The molecule has 20 heavy (non-hydrogen) atoms. The van der Waals surface area contributed by atoms with Crippen LogP contribution in [0.15, 0.2) is 18.2 Å². The Kier molecular flexibility index (Phi) is 5.35. The molecule has 0 aliphatic carbocycles. The molecule has 2 rings (SSSR count). The van der Waals surface area contributed by atoms with E-state index in [4.69, 9.17) is 0 Å². The molecule has 0 saturated carbocycles. The molecular formula is C13H17F3N2O2. The molecular weight excluding hydrogens is 273 g/mol. The van der Waals surface area contributed by atoms with Gasteiger partial charge in [0.1, 0.15) is 5.56 Å². The maximum absolute atomic E-state index is 12.8. The van der Waals surface area contributed by atoms with Crippen molar-refractivity contribution in [3.63, 3.8) is 0 Å². The predicted molar refractivity (Wildman–Crippen MR) is 70.9 cm³/mol. The molecule has 1 fully saturated rings. The molecule has 1 aromatic rings. The van der Waals surface area contributed by atoms with Crippen molar-refractivity contribution in [3.8, 4) is 0 Å². The maximum Gasteiger partial charge on any atom is 0.423 e. The largest absolute Gasteiger partial charge is 0.423 e. The molecule has 112 valence electrons.